The molecule has 0 saturated carbocycles. The highest BCUT2D eigenvalue weighted by Gasteiger charge is 2.09. The quantitative estimate of drug-likeness (QED) is 0.502. The first-order valence-electron chi connectivity index (χ1n) is 4.75. The Morgan fingerprint density at radius 3 is 2.94 bits per heavy atom. The number of thiocarbonyl (C=S) groups is 1. The Labute approximate surface area is 109 Å². The number of benzene rings is 1. The Balaban J connectivity index is 2.90. The van der Waals surface area contributed by atoms with E-state index in [4.69, 9.17) is 22.1 Å². The molecule has 1 rings (SSSR count). The minimum absolute atomic E-state index is 0.0266. The summed E-state index contributed by atoms with van der Waals surface area (Å²) >= 11 is 10.4. The smallest absolute Gasteiger partial charge is 0.184 e. The highest BCUT2D eigenvalue weighted by atomic mass is 35.5. The van der Waals surface area contributed by atoms with Crippen LogP contribution in [0.5, 0.6) is 5.75 Å². The van der Waals surface area contributed by atoms with Gasteiger partial charge in [0.05, 0.1) is 17.8 Å². The van der Waals surface area contributed by atoms with Gasteiger partial charge in [0.25, 0.3) is 0 Å². The van der Waals surface area contributed by atoms with Crippen molar-refractivity contribution in [3.63, 3.8) is 0 Å². The van der Waals surface area contributed by atoms with Gasteiger partial charge in [-0.3, -0.25) is 5.43 Å². The Morgan fingerprint density at radius 2 is 2.41 bits per heavy atom. The second-order valence-electron chi connectivity index (χ2n) is 2.98. The van der Waals surface area contributed by atoms with Crippen LogP contribution in [0.3, 0.4) is 0 Å². The molecule has 4 nitrogen and oxygen atoms in total. The summed E-state index contributed by atoms with van der Waals surface area (Å²) in [5.74, 6) is -0.509. The molecule has 0 aromatic heterocycles. The van der Waals surface area contributed by atoms with E-state index in [9.17, 15) is 4.39 Å². The third kappa shape index (κ3) is 4.16. The van der Waals surface area contributed by atoms with E-state index in [1.807, 2.05) is 0 Å². The van der Waals surface area contributed by atoms with Crippen molar-refractivity contribution in [2.75, 3.05) is 6.61 Å². The lowest BCUT2D eigenvalue weighted by Crippen LogP contribution is -2.24. The first-order chi connectivity index (χ1) is 8.04. The van der Waals surface area contributed by atoms with Crippen LogP contribution in [0, 0.1) is 5.82 Å². The van der Waals surface area contributed by atoms with Gasteiger partial charge in [-0.25, -0.2) is 4.39 Å². The molecule has 0 unspecified atom stereocenters. The molecule has 0 aliphatic rings. The highest BCUT2D eigenvalue weighted by Crippen LogP contribution is 2.28. The summed E-state index contributed by atoms with van der Waals surface area (Å²) in [5.41, 5.74) is 7.99. The van der Waals surface area contributed by atoms with Crippen LogP contribution in [0.15, 0.2) is 17.2 Å². The average Bonchev–Trinajstić information content (AvgIpc) is 2.23. The van der Waals surface area contributed by atoms with Gasteiger partial charge in [0.15, 0.2) is 16.7 Å². The van der Waals surface area contributed by atoms with E-state index in [1.165, 1.54) is 18.3 Å². The Hall–Kier alpha value is -1.40. The molecule has 7 heteroatoms. The molecule has 0 fully saturated rings. The van der Waals surface area contributed by atoms with E-state index >= 15 is 0 Å². The van der Waals surface area contributed by atoms with E-state index < -0.39 is 5.82 Å². The van der Waals surface area contributed by atoms with Crippen molar-refractivity contribution < 1.29 is 9.13 Å². The predicted octanol–water partition coefficient (Wildman–Crippen LogP) is 2.04. The summed E-state index contributed by atoms with van der Waals surface area (Å²) in [4.78, 5) is 0. The molecule has 0 spiro atoms. The molecule has 0 amide bonds. The molecule has 17 heavy (non-hydrogen) atoms. The average molecular weight is 276 g/mol. The number of nitrogens with one attached hydrogen (secondary N) is 1. The maximum atomic E-state index is 13.5. The monoisotopic (exact) mass is 275 g/mol. The van der Waals surface area contributed by atoms with E-state index in [0.29, 0.717) is 12.2 Å². The standard InChI is InChI=1S/C10H11ClFN3OS/c1-2-16-9-7(11)3-6(4-8(9)12)5-14-15-10(13)17/h3-5H,2H2,1H3,(H3,13,15,17). The molecule has 92 valence electrons. The van der Waals surface area contributed by atoms with Gasteiger partial charge in [-0.05, 0) is 36.8 Å². The molecule has 0 aliphatic heterocycles. The molecule has 0 bridgehead atoms. The lowest BCUT2D eigenvalue weighted by Gasteiger charge is -2.07. The number of hydrazone groups is 1. The van der Waals surface area contributed by atoms with Gasteiger partial charge in [-0.15, -0.1) is 0 Å². The van der Waals surface area contributed by atoms with Gasteiger partial charge in [0.1, 0.15) is 0 Å². The first-order valence-corrected chi connectivity index (χ1v) is 5.53. The molecule has 0 atom stereocenters. The van der Waals surface area contributed by atoms with Crippen molar-refractivity contribution in [1.82, 2.24) is 5.43 Å². The zero-order valence-electron chi connectivity index (χ0n) is 9.04. The summed E-state index contributed by atoms with van der Waals surface area (Å²) in [6.07, 6.45) is 1.35. The number of hydrogen-bond donors (Lipinski definition) is 2. The van der Waals surface area contributed by atoms with Crippen molar-refractivity contribution in [2.45, 2.75) is 6.92 Å². The van der Waals surface area contributed by atoms with Crippen LogP contribution in [0.1, 0.15) is 12.5 Å². The number of hydrogen-bond acceptors (Lipinski definition) is 3. The molecular weight excluding hydrogens is 265 g/mol. The zero-order valence-corrected chi connectivity index (χ0v) is 10.6. The predicted molar refractivity (Wildman–Crippen MR) is 70.1 cm³/mol. The minimum Gasteiger partial charge on any atom is -0.489 e. The normalized spacial score (nSPS) is 10.5. The molecule has 0 radical (unpaired) electrons. The second-order valence-corrected chi connectivity index (χ2v) is 3.83. The summed E-state index contributed by atoms with van der Waals surface area (Å²) in [7, 11) is 0. The Bertz CT molecular complexity index is 430. The second kappa shape index (κ2) is 6.36. The SMILES string of the molecule is CCOc1c(F)cc(C=NNC(N)=S)cc1Cl. The molecule has 3 N–H and O–H groups in total. The molecule has 1 aromatic rings. The largest absolute Gasteiger partial charge is 0.489 e. The van der Waals surface area contributed by atoms with Crippen molar-refractivity contribution >= 4 is 35.1 Å². The van der Waals surface area contributed by atoms with Gasteiger partial charge >= 0.3 is 0 Å². The Kier molecular flexibility index (Phi) is 5.11. The van der Waals surface area contributed by atoms with Gasteiger partial charge in [-0.2, -0.15) is 5.10 Å². The van der Waals surface area contributed by atoms with Crippen LogP contribution in [-0.4, -0.2) is 17.9 Å². The molecule has 0 heterocycles. The van der Waals surface area contributed by atoms with Crippen molar-refractivity contribution in [3.05, 3.63) is 28.5 Å². The van der Waals surface area contributed by atoms with Crippen LogP contribution < -0.4 is 15.9 Å². The molecule has 0 aliphatic carbocycles. The van der Waals surface area contributed by atoms with Gasteiger partial charge in [0.2, 0.25) is 0 Å². The fourth-order valence-electron chi connectivity index (χ4n) is 1.11. The van der Waals surface area contributed by atoms with Crippen LogP contribution in [0.25, 0.3) is 0 Å². The first kappa shape index (κ1) is 13.7. The highest BCUT2D eigenvalue weighted by molar-refractivity contribution is 7.80. The number of nitrogens with zero attached hydrogens (tertiary/aromatic N) is 1. The summed E-state index contributed by atoms with van der Waals surface area (Å²) in [6, 6.07) is 2.78. The van der Waals surface area contributed by atoms with Crippen molar-refractivity contribution in [1.29, 1.82) is 0 Å². The third-order valence-electron chi connectivity index (χ3n) is 1.70. The number of ether oxygens (including phenoxy) is 1. The number of nitrogens with two attached hydrogens (primary N) is 1. The maximum Gasteiger partial charge on any atom is 0.184 e. The zero-order chi connectivity index (χ0) is 12.8. The number of rotatable bonds is 4. The van der Waals surface area contributed by atoms with E-state index in [0.717, 1.165) is 0 Å². The lowest BCUT2D eigenvalue weighted by atomic mass is 10.2. The van der Waals surface area contributed by atoms with E-state index in [2.05, 4.69) is 22.7 Å². The summed E-state index contributed by atoms with van der Waals surface area (Å²) < 4.78 is 18.6. The van der Waals surface area contributed by atoms with Gasteiger partial charge in [0, 0.05) is 0 Å². The van der Waals surface area contributed by atoms with Crippen LogP contribution in [0.2, 0.25) is 5.02 Å². The van der Waals surface area contributed by atoms with E-state index in [-0.39, 0.29) is 15.9 Å². The van der Waals surface area contributed by atoms with Crippen LogP contribution in [0.4, 0.5) is 4.39 Å². The topological polar surface area (TPSA) is 59.6 Å². The fraction of sp³-hybridized carbons (Fsp3) is 0.200. The lowest BCUT2D eigenvalue weighted by molar-refractivity contribution is 0.322. The third-order valence-corrected chi connectivity index (χ3v) is 2.07. The van der Waals surface area contributed by atoms with Gasteiger partial charge < -0.3 is 10.5 Å². The molecular formula is C10H11ClFN3OS. The summed E-state index contributed by atoms with van der Waals surface area (Å²) in [5, 5.41) is 3.90. The van der Waals surface area contributed by atoms with Crippen molar-refractivity contribution in [2.24, 2.45) is 10.8 Å². The summed E-state index contributed by atoms with van der Waals surface area (Å²) in [6.45, 7) is 2.09. The Morgan fingerprint density at radius 1 is 1.71 bits per heavy atom. The van der Waals surface area contributed by atoms with E-state index in [1.54, 1.807) is 6.92 Å². The minimum atomic E-state index is -0.545. The van der Waals surface area contributed by atoms with Crippen LogP contribution in [-0.2, 0) is 0 Å². The fourth-order valence-corrected chi connectivity index (χ4v) is 1.43. The maximum absolute atomic E-state index is 13.5. The van der Waals surface area contributed by atoms with Crippen molar-refractivity contribution in [3.8, 4) is 5.75 Å². The van der Waals surface area contributed by atoms with Crippen LogP contribution >= 0.6 is 23.8 Å². The molecule has 0 saturated heterocycles. The van der Waals surface area contributed by atoms with Gasteiger partial charge in [-0.1, -0.05) is 11.6 Å². The number of halogens is 2. The molecule has 1 aromatic carbocycles.